The average molecular weight is 741 g/mol. The molecule has 0 N–H and O–H groups in total. The topological polar surface area (TPSA) is 0 Å². The molecule has 4 aromatic rings. The van der Waals surface area contributed by atoms with Crippen LogP contribution in [0.1, 0.15) is 48.9 Å². The van der Waals surface area contributed by atoms with Crippen LogP contribution in [0.3, 0.4) is 0 Å². The van der Waals surface area contributed by atoms with E-state index in [1.165, 1.54) is 57.3 Å². The van der Waals surface area contributed by atoms with Crippen LogP contribution in [-0.2, 0) is 12.8 Å². The van der Waals surface area contributed by atoms with Crippen molar-refractivity contribution >= 4 is 65.2 Å². The average Bonchev–Trinajstić information content (AvgIpc) is 3.68. The first-order valence-electron chi connectivity index (χ1n) is 19.6. The molecular weight excluding hydrogens is 677 g/mol. The first-order chi connectivity index (χ1) is 23.6. The number of allylic oxidation sites excluding steroid dienone is 2. The van der Waals surface area contributed by atoms with Crippen LogP contribution in [0.15, 0.2) is 83.9 Å². The van der Waals surface area contributed by atoms with Crippen molar-refractivity contribution in [3.63, 3.8) is 0 Å². The summed E-state index contributed by atoms with van der Waals surface area (Å²) in [6, 6.07) is 29.5. The van der Waals surface area contributed by atoms with Crippen molar-refractivity contribution in [2.45, 2.75) is 118 Å². The van der Waals surface area contributed by atoms with Crippen LogP contribution in [-0.4, -0.2) is 32.3 Å². The summed E-state index contributed by atoms with van der Waals surface area (Å²) in [6.45, 7) is 34.9. The molecule has 0 bridgehead atoms. The SMILES string of the molecule is CCCC(C)(C1=Cc2c(cccc2-c2cc([Si](C)(C)C)cc([Si](C)(C)C)c2)C1)C1=Cc2c(cccc2-c2cc([Si](C)(C)C)cc([Si](C)(C)C)c2)C1. The fourth-order valence-electron chi connectivity index (χ4n) is 8.27. The van der Waals surface area contributed by atoms with Gasteiger partial charge in [0.2, 0.25) is 0 Å². The summed E-state index contributed by atoms with van der Waals surface area (Å²) >= 11 is 0. The second kappa shape index (κ2) is 13.3. The molecule has 268 valence electrons. The number of benzene rings is 4. The summed E-state index contributed by atoms with van der Waals surface area (Å²) in [5.41, 5.74) is 14.8. The molecule has 0 unspecified atom stereocenters. The van der Waals surface area contributed by atoms with Crippen molar-refractivity contribution in [1.82, 2.24) is 0 Å². The van der Waals surface area contributed by atoms with Crippen molar-refractivity contribution in [2.75, 3.05) is 0 Å². The zero-order valence-electron chi connectivity index (χ0n) is 34.4. The molecule has 4 heteroatoms. The molecule has 2 aliphatic carbocycles. The highest BCUT2D eigenvalue weighted by molar-refractivity contribution is 6.92. The highest BCUT2D eigenvalue weighted by atomic mass is 28.3. The molecule has 0 heterocycles. The fraction of sp³-hybridized carbons (Fsp3) is 0.404. The predicted octanol–water partition coefficient (Wildman–Crippen LogP) is 11.6. The monoisotopic (exact) mass is 740 g/mol. The Morgan fingerprint density at radius 3 is 1.12 bits per heavy atom. The third-order valence-electron chi connectivity index (χ3n) is 11.9. The van der Waals surface area contributed by atoms with E-state index in [2.05, 4.69) is 177 Å². The van der Waals surface area contributed by atoms with Crippen molar-refractivity contribution in [3.05, 3.63) is 106 Å². The first kappa shape index (κ1) is 38.0. The van der Waals surface area contributed by atoms with Gasteiger partial charge in [-0.05, 0) is 63.8 Å². The second-order valence-electron chi connectivity index (χ2n) is 20.1. The third-order valence-corrected chi connectivity index (χ3v) is 20.0. The van der Waals surface area contributed by atoms with Crippen LogP contribution in [0.2, 0.25) is 78.6 Å². The smallest absolute Gasteiger partial charge is 0.0656 e. The van der Waals surface area contributed by atoms with E-state index in [0.29, 0.717) is 0 Å². The first-order valence-corrected chi connectivity index (χ1v) is 33.6. The Morgan fingerprint density at radius 1 is 0.490 bits per heavy atom. The predicted molar refractivity (Wildman–Crippen MR) is 242 cm³/mol. The normalized spacial score (nSPS) is 15.1. The van der Waals surface area contributed by atoms with Gasteiger partial charge in [0.1, 0.15) is 0 Å². The van der Waals surface area contributed by atoms with Crippen LogP contribution in [0.5, 0.6) is 0 Å². The number of rotatable bonds is 10. The highest BCUT2D eigenvalue weighted by Gasteiger charge is 2.38. The lowest BCUT2D eigenvalue weighted by Crippen LogP contribution is -2.45. The Morgan fingerprint density at radius 2 is 0.824 bits per heavy atom. The van der Waals surface area contributed by atoms with Crippen molar-refractivity contribution in [3.8, 4) is 22.3 Å². The van der Waals surface area contributed by atoms with Gasteiger partial charge in [-0.1, -0.05) is 216 Å². The van der Waals surface area contributed by atoms with E-state index >= 15 is 0 Å². The number of hydrogen-bond donors (Lipinski definition) is 0. The molecule has 51 heavy (non-hydrogen) atoms. The zero-order chi connectivity index (χ0) is 37.3. The summed E-state index contributed by atoms with van der Waals surface area (Å²) in [6.07, 6.45) is 9.69. The lowest BCUT2D eigenvalue weighted by Gasteiger charge is -2.33. The second-order valence-corrected chi connectivity index (χ2v) is 40.4. The molecule has 0 saturated carbocycles. The van der Waals surface area contributed by atoms with Crippen molar-refractivity contribution < 1.29 is 0 Å². The van der Waals surface area contributed by atoms with Crippen molar-refractivity contribution in [1.29, 1.82) is 0 Å². The minimum Gasteiger partial charge on any atom is -0.0656 e. The number of hydrogen-bond acceptors (Lipinski definition) is 0. The van der Waals surface area contributed by atoms with Crippen LogP contribution < -0.4 is 20.7 Å². The molecule has 6 rings (SSSR count). The van der Waals surface area contributed by atoms with E-state index in [-0.39, 0.29) is 5.41 Å². The minimum atomic E-state index is -1.49. The lowest BCUT2D eigenvalue weighted by atomic mass is 9.71. The van der Waals surface area contributed by atoms with Gasteiger partial charge in [0.25, 0.3) is 0 Å². The van der Waals surface area contributed by atoms with Gasteiger partial charge in [0.15, 0.2) is 0 Å². The zero-order valence-corrected chi connectivity index (χ0v) is 38.4. The van der Waals surface area contributed by atoms with Gasteiger partial charge >= 0.3 is 0 Å². The van der Waals surface area contributed by atoms with Gasteiger partial charge in [-0.15, -0.1) is 0 Å². The van der Waals surface area contributed by atoms with E-state index < -0.39 is 32.3 Å². The van der Waals surface area contributed by atoms with Gasteiger partial charge in [-0.3, -0.25) is 0 Å². The quantitative estimate of drug-likeness (QED) is 0.142. The molecule has 0 radical (unpaired) electrons. The Kier molecular flexibility index (Phi) is 9.87. The van der Waals surface area contributed by atoms with Gasteiger partial charge in [-0.2, -0.15) is 0 Å². The third kappa shape index (κ3) is 7.54. The van der Waals surface area contributed by atoms with Crippen LogP contribution >= 0.6 is 0 Å². The minimum absolute atomic E-state index is 0.0225. The van der Waals surface area contributed by atoms with Gasteiger partial charge in [-0.25, -0.2) is 0 Å². The van der Waals surface area contributed by atoms with Crippen LogP contribution in [0.4, 0.5) is 0 Å². The molecule has 0 nitrogen and oxygen atoms in total. The summed E-state index contributed by atoms with van der Waals surface area (Å²) in [5.74, 6) is 0. The van der Waals surface area contributed by atoms with Crippen LogP contribution in [0, 0.1) is 5.41 Å². The lowest BCUT2D eigenvalue weighted by molar-refractivity contribution is 0.424. The molecule has 0 fully saturated rings. The van der Waals surface area contributed by atoms with E-state index in [4.69, 9.17) is 0 Å². The molecule has 4 aromatic carbocycles. The summed E-state index contributed by atoms with van der Waals surface area (Å²) in [7, 11) is -5.95. The molecule has 0 aliphatic heterocycles. The van der Waals surface area contributed by atoms with Gasteiger partial charge in [0, 0.05) is 5.41 Å². The Labute approximate surface area is 315 Å². The summed E-state index contributed by atoms with van der Waals surface area (Å²) in [4.78, 5) is 0. The Hall–Kier alpha value is -2.77. The van der Waals surface area contributed by atoms with Gasteiger partial charge in [0.05, 0.1) is 32.3 Å². The molecule has 0 aromatic heterocycles. The standard InChI is InChI=1S/C47H64Si4/c1-15-22-47(2,37-23-33-18-16-20-43(45(33)29-37)35-25-39(48(3,4)5)31-40(26-35)49(6,7)8)38-24-34-19-17-21-44(46(34)30-38)36-27-41(50(9,10)11)32-42(28-36)51(12,13)14/h16-21,25-32H,15,22-24H2,1-14H3. The highest BCUT2D eigenvalue weighted by Crippen LogP contribution is 2.51. The maximum Gasteiger partial charge on any atom is 0.0776 e. The summed E-state index contributed by atoms with van der Waals surface area (Å²) in [5, 5.41) is 6.35. The Bertz CT molecular complexity index is 1840. The summed E-state index contributed by atoms with van der Waals surface area (Å²) < 4.78 is 0. The molecule has 0 spiro atoms. The maximum atomic E-state index is 2.62. The fourth-order valence-corrected chi connectivity index (χ4v) is 13.3. The molecule has 0 saturated heterocycles. The Balaban J connectivity index is 1.45. The van der Waals surface area contributed by atoms with E-state index in [1.54, 1.807) is 31.9 Å². The van der Waals surface area contributed by atoms with E-state index in [9.17, 15) is 0 Å². The maximum absolute atomic E-state index is 2.62. The molecule has 2 aliphatic rings. The van der Waals surface area contributed by atoms with Gasteiger partial charge < -0.3 is 0 Å². The molecule has 0 amide bonds. The van der Waals surface area contributed by atoms with E-state index in [0.717, 1.165) is 12.8 Å². The molecular formula is C47H64Si4. The van der Waals surface area contributed by atoms with Crippen LogP contribution in [0.25, 0.3) is 34.4 Å². The number of fused-ring (bicyclic) bond motifs is 2. The molecule has 0 atom stereocenters. The van der Waals surface area contributed by atoms with E-state index in [1.807, 2.05) is 0 Å². The van der Waals surface area contributed by atoms with Crippen molar-refractivity contribution in [2.24, 2.45) is 5.41 Å². The largest absolute Gasteiger partial charge is 0.0776 e.